The lowest BCUT2D eigenvalue weighted by Gasteiger charge is -2.34. The van der Waals surface area contributed by atoms with Gasteiger partial charge < -0.3 is 0 Å². The van der Waals surface area contributed by atoms with E-state index in [-0.39, 0.29) is 0 Å². The lowest BCUT2D eigenvalue weighted by molar-refractivity contribution is 0.249. The van der Waals surface area contributed by atoms with Crippen LogP contribution in [-0.2, 0) is 6.42 Å². The molecule has 0 nitrogen and oxygen atoms in total. The van der Waals surface area contributed by atoms with Crippen LogP contribution >= 0.6 is 0 Å². The van der Waals surface area contributed by atoms with Crippen LogP contribution in [0.15, 0.2) is 54.6 Å². The normalized spacial score (nSPS) is 31.2. The van der Waals surface area contributed by atoms with Gasteiger partial charge in [0.25, 0.3) is 0 Å². The molecule has 2 aliphatic carbocycles. The summed E-state index contributed by atoms with van der Waals surface area (Å²) in [6.07, 6.45) is 14.7. The van der Waals surface area contributed by atoms with Gasteiger partial charge in [0, 0.05) is 0 Å². The van der Waals surface area contributed by atoms with Gasteiger partial charge in [0.15, 0.2) is 0 Å². The predicted octanol–water partition coefficient (Wildman–Crippen LogP) is 4.39. The maximum atomic E-state index is 2.42. The van der Waals surface area contributed by atoms with E-state index in [4.69, 9.17) is 0 Å². The molecule has 3 rings (SSSR count). The van der Waals surface area contributed by atoms with Crippen molar-refractivity contribution in [1.82, 2.24) is 0 Å². The molecule has 0 spiro atoms. The molecule has 2 aliphatic rings. The van der Waals surface area contributed by atoms with E-state index in [1.165, 1.54) is 31.2 Å². The molecule has 1 saturated carbocycles. The van der Waals surface area contributed by atoms with Gasteiger partial charge in [0.2, 0.25) is 0 Å². The van der Waals surface area contributed by atoms with Crippen molar-refractivity contribution in [2.75, 3.05) is 0 Å². The fraction of sp³-hybridized carbons (Fsp3) is 0.412. The average Bonchev–Trinajstić information content (AvgIpc) is 2.40. The monoisotopic (exact) mass is 224 g/mol. The SMILES string of the molecule is C1=CC2CCC(Cc3ccccc3)CC2C=C1. The van der Waals surface area contributed by atoms with Crippen LogP contribution in [0.1, 0.15) is 24.8 Å². The zero-order valence-corrected chi connectivity index (χ0v) is 10.3. The van der Waals surface area contributed by atoms with Crippen LogP contribution in [0, 0.1) is 17.8 Å². The van der Waals surface area contributed by atoms with Gasteiger partial charge in [-0.05, 0) is 49.0 Å². The van der Waals surface area contributed by atoms with Crippen LogP contribution in [-0.4, -0.2) is 0 Å². The molecular formula is C17H20. The summed E-state index contributed by atoms with van der Waals surface area (Å²) in [5, 5.41) is 0. The molecule has 1 aromatic carbocycles. The van der Waals surface area contributed by atoms with Crippen molar-refractivity contribution in [3.63, 3.8) is 0 Å². The molecule has 88 valence electrons. The van der Waals surface area contributed by atoms with Crippen LogP contribution in [0.3, 0.4) is 0 Å². The molecule has 3 atom stereocenters. The van der Waals surface area contributed by atoms with Gasteiger partial charge in [0.1, 0.15) is 0 Å². The first-order valence-corrected chi connectivity index (χ1v) is 6.81. The van der Waals surface area contributed by atoms with Crippen molar-refractivity contribution in [3.8, 4) is 0 Å². The quantitative estimate of drug-likeness (QED) is 0.699. The number of fused-ring (bicyclic) bond motifs is 1. The van der Waals surface area contributed by atoms with Crippen molar-refractivity contribution in [2.24, 2.45) is 17.8 Å². The van der Waals surface area contributed by atoms with Gasteiger partial charge >= 0.3 is 0 Å². The molecule has 0 radical (unpaired) electrons. The molecule has 0 saturated heterocycles. The van der Waals surface area contributed by atoms with Crippen LogP contribution in [0.5, 0.6) is 0 Å². The van der Waals surface area contributed by atoms with Crippen molar-refractivity contribution >= 4 is 0 Å². The Kier molecular flexibility index (Phi) is 3.13. The Bertz CT molecular complexity index is 413. The van der Waals surface area contributed by atoms with E-state index in [1.54, 1.807) is 0 Å². The summed E-state index contributed by atoms with van der Waals surface area (Å²) in [6, 6.07) is 11.0. The van der Waals surface area contributed by atoms with E-state index in [2.05, 4.69) is 54.6 Å². The molecule has 0 amide bonds. The summed E-state index contributed by atoms with van der Waals surface area (Å²) >= 11 is 0. The molecule has 17 heavy (non-hydrogen) atoms. The summed E-state index contributed by atoms with van der Waals surface area (Å²) in [6.45, 7) is 0. The highest BCUT2D eigenvalue weighted by molar-refractivity contribution is 5.18. The molecule has 0 heterocycles. The van der Waals surface area contributed by atoms with Crippen molar-refractivity contribution in [1.29, 1.82) is 0 Å². The summed E-state index contributed by atoms with van der Waals surface area (Å²) < 4.78 is 0. The van der Waals surface area contributed by atoms with Gasteiger partial charge in [-0.1, -0.05) is 54.6 Å². The second kappa shape index (κ2) is 4.91. The molecular weight excluding hydrogens is 204 g/mol. The predicted molar refractivity (Wildman–Crippen MR) is 72.7 cm³/mol. The first-order valence-electron chi connectivity index (χ1n) is 6.81. The lowest BCUT2D eigenvalue weighted by atomic mass is 9.71. The number of allylic oxidation sites excluding steroid dienone is 4. The minimum Gasteiger partial charge on any atom is -0.0808 e. The van der Waals surface area contributed by atoms with Crippen molar-refractivity contribution in [3.05, 3.63) is 60.2 Å². The Morgan fingerprint density at radius 1 is 0.882 bits per heavy atom. The molecule has 1 fully saturated rings. The third kappa shape index (κ3) is 2.52. The second-order valence-corrected chi connectivity index (χ2v) is 5.47. The zero-order chi connectivity index (χ0) is 11.5. The first kappa shape index (κ1) is 10.8. The number of hydrogen-bond donors (Lipinski definition) is 0. The second-order valence-electron chi connectivity index (χ2n) is 5.47. The molecule has 0 aliphatic heterocycles. The lowest BCUT2D eigenvalue weighted by Crippen LogP contribution is -2.24. The van der Waals surface area contributed by atoms with E-state index < -0.39 is 0 Å². The fourth-order valence-electron chi connectivity index (χ4n) is 3.33. The van der Waals surface area contributed by atoms with Gasteiger partial charge in [-0.2, -0.15) is 0 Å². The van der Waals surface area contributed by atoms with E-state index in [0.29, 0.717) is 0 Å². The summed E-state index contributed by atoms with van der Waals surface area (Å²) in [4.78, 5) is 0. The van der Waals surface area contributed by atoms with Gasteiger partial charge in [0.05, 0.1) is 0 Å². The molecule has 0 heteroatoms. The van der Waals surface area contributed by atoms with E-state index in [0.717, 1.165) is 17.8 Å². The topological polar surface area (TPSA) is 0 Å². The average molecular weight is 224 g/mol. The van der Waals surface area contributed by atoms with E-state index >= 15 is 0 Å². The Labute approximate surface area is 104 Å². The Balaban J connectivity index is 1.63. The summed E-state index contributed by atoms with van der Waals surface area (Å²) in [7, 11) is 0. The van der Waals surface area contributed by atoms with Crippen LogP contribution in [0.25, 0.3) is 0 Å². The largest absolute Gasteiger partial charge is 0.0808 e. The zero-order valence-electron chi connectivity index (χ0n) is 10.3. The van der Waals surface area contributed by atoms with Crippen LogP contribution < -0.4 is 0 Å². The third-order valence-electron chi connectivity index (χ3n) is 4.26. The van der Waals surface area contributed by atoms with Crippen LogP contribution in [0.2, 0.25) is 0 Å². The maximum Gasteiger partial charge on any atom is -0.0165 e. The number of rotatable bonds is 2. The smallest absolute Gasteiger partial charge is 0.0165 e. The number of hydrogen-bond acceptors (Lipinski definition) is 0. The number of benzene rings is 1. The first-order chi connectivity index (χ1) is 8.42. The van der Waals surface area contributed by atoms with Gasteiger partial charge in [-0.3, -0.25) is 0 Å². The van der Waals surface area contributed by atoms with E-state index in [1.807, 2.05) is 0 Å². The molecule has 0 bridgehead atoms. The highest BCUT2D eigenvalue weighted by Gasteiger charge is 2.28. The van der Waals surface area contributed by atoms with Crippen molar-refractivity contribution in [2.45, 2.75) is 25.7 Å². The van der Waals surface area contributed by atoms with Gasteiger partial charge in [-0.15, -0.1) is 0 Å². The molecule has 3 unspecified atom stereocenters. The minimum atomic E-state index is 0.808. The Hall–Kier alpha value is -1.30. The fourth-order valence-corrected chi connectivity index (χ4v) is 3.33. The standard InChI is InChI=1S/C17H20/c1-2-6-14(7-3-1)12-15-10-11-16-8-4-5-9-17(16)13-15/h1-9,15-17H,10-13H2. The third-order valence-corrected chi connectivity index (χ3v) is 4.26. The van der Waals surface area contributed by atoms with Gasteiger partial charge in [-0.25, -0.2) is 0 Å². The highest BCUT2D eigenvalue weighted by Crippen LogP contribution is 2.38. The minimum absolute atomic E-state index is 0.808. The molecule has 1 aromatic rings. The Morgan fingerprint density at radius 2 is 1.65 bits per heavy atom. The van der Waals surface area contributed by atoms with Crippen LogP contribution in [0.4, 0.5) is 0 Å². The maximum absolute atomic E-state index is 2.42. The molecule has 0 N–H and O–H groups in total. The van der Waals surface area contributed by atoms with E-state index in [9.17, 15) is 0 Å². The summed E-state index contributed by atoms with van der Waals surface area (Å²) in [5.74, 6) is 2.52. The molecule has 0 aromatic heterocycles. The van der Waals surface area contributed by atoms with Crippen molar-refractivity contribution < 1.29 is 0 Å². The highest BCUT2D eigenvalue weighted by atomic mass is 14.3. The Morgan fingerprint density at radius 3 is 2.47 bits per heavy atom. The summed E-state index contributed by atoms with van der Waals surface area (Å²) in [5.41, 5.74) is 1.51.